The highest BCUT2D eigenvalue weighted by atomic mass is 35.5. The fourth-order valence-electron chi connectivity index (χ4n) is 2.09. The Morgan fingerprint density at radius 3 is 2.64 bits per heavy atom. The Morgan fingerprint density at radius 1 is 1.21 bits per heavy atom. The lowest BCUT2D eigenvalue weighted by Gasteiger charge is -2.23. The summed E-state index contributed by atoms with van der Waals surface area (Å²) in [5.74, 6) is 5.77. The minimum absolute atomic E-state index is 0. The van der Waals surface area contributed by atoms with E-state index >= 15 is 0 Å². The maximum Gasteiger partial charge on any atom is 0.0548 e. The van der Waals surface area contributed by atoms with Crippen LogP contribution in [0.1, 0.15) is 24.0 Å². The molecule has 0 spiro atoms. The predicted octanol–water partition coefficient (Wildman–Crippen LogP) is 2.30. The van der Waals surface area contributed by atoms with Crippen LogP contribution >= 0.6 is 12.4 Å². The number of anilines is 1. The van der Waals surface area contributed by atoms with Gasteiger partial charge < -0.3 is 5.01 Å². The summed E-state index contributed by atoms with van der Waals surface area (Å²) in [7, 11) is 1.91. The zero-order valence-corrected chi connectivity index (χ0v) is 9.31. The van der Waals surface area contributed by atoms with Crippen molar-refractivity contribution >= 4 is 18.1 Å². The molecule has 0 unspecified atom stereocenters. The molecule has 0 amide bonds. The van der Waals surface area contributed by atoms with E-state index in [4.69, 9.17) is 5.84 Å². The van der Waals surface area contributed by atoms with Gasteiger partial charge in [-0.15, -0.1) is 12.4 Å². The Hall–Kier alpha value is -0.730. The first-order valence-corrected chi connectivity index (χ1v) is 4.88. The van der Waals surface area contributed by atoms with E-state index in [0.717, 1.165) is 0 Å². The lowest BCUT2D eigenvalue weighted by Crippen LogP contribution is -2.27. The summed E-state index contributed by atoms with van der Waals surface area (Å²) in [5.41, 5.74) is 4.14. The molecule has 0 aliphatic heterocycles. The van der Waals surface area contributed by atoms with Crippen LogP contribution in [0.4, 0.5) is 5.69 Å². The van der Waals surface area contributed by atoms with Crippen LogP contribution in [0.5, 0.6) is 0 Å². The smallest absolute Gasteiger partial charge is 0.0548 e. The van der Waals surface area contributed by atoms with E-state index in [1.54, 1.807) is 5.01 Å². The number of nitrogens with two attached hydrogens (primary N) is 1. The van der Waals surface area contributed by atoms with Crippen LogP contribution in [0, 0.1) is 0 Å². The van der Waals surface area contributed by atoms with E-state index in [0.29, 0.717) is 0 Å². The summed E-state index contributed by atoms with van der Waals surface area (Å²) in [6, 6.07) is 6.43. The molecule has 14 heavy (non-hydrogen) atoms. The van der Waals surface area contributed by atoms with Gasteiger partial charge >= 0.3 is 0 Å². The molecule has 0 aromatic heterocycles. The second-order valence-electron chi connectivity index (χ2n) is 3.73. The van der Waals surface area contributed by atoms with Crippen LogP contribution in [0.2, 0.25) is 0 Å². The van der Waals surface area contributed by atoms with E-state index in [1.165, 1.54) is 42.5 Å². The molecular weight excluding hydrogens is 196 g/mol. The molecule has 2 rings (SSSR count). The number of halogens is 1. The van der Waals surface area contributed by atoms with E-state index in [9.17, 15) is 0 Å². The number of benzene rings is 1. The Morgan fingerprint density at radius 2 is 1.93 bits per heavy atom. The first-order valence-electron chi connectivity index (χ1n) is 4.88. The molecule has 0 atom stereocenters. The normalized spacial score (nSPS) is 14.1. The second kappa shape index (κ2) is 4.67. The van der Waals surface area contributed by atoms with Gasteiger partial charge in [-0.2, -0.15) is 0 Å². The van der Waals surface area contributed by atoms with Crippen molar-refractivity contribution in [3.8, 4) is 0 Å². The number of hydrogen-bond donors (Lipinski definition) is 1. The predicted molar refractivity (Wildman–Crippen MR) is 62.9 cm³/mol. The minimum Gasteiger partial charge on any atom is -0.314 e. The van der Waals surface area contributed by atoms with E-state index in [2.05, 4.69) is 18.2 Å². The molecule has 1 aromatic rings. The molecule has 2 N–H and O–H groups in total. The largest absolute Gasteiger partial charge is 0.314 e. The van der Waals surface area contributed by atoms with Crippen LogP contribution in [0.3, 0.4) is 0 Å². The van der Waals surface area contributed by atoms with Gasteiger partial charge in [-0.3, -0.25) is 0 Å². The number of hydrazine groups is 1. The van der Waals surface area contributed by atoms with Crippen molar-refractivity contribution in [2.75, 3.05) is 12.1 Å². The van der Waals surface area contributed by atoms with Gasteiger partial charge in [-0.25, -0.2) is 5.84 Å². The molecule has 0 heterocycles. The standard InChI is InChI=1S/C11H16N2.ClH/c1-13(12)11-8-4-6-9-5-2-3-7-10(9)11;/h4,6,8H,2-3,5,7,12H2,1H3;1H. The molecule has 0 saturated heterocycles. The molecule has 0 radical (unpaired) electrons. The van der Waals surface area contributed by atoms with Crippen LogP contribution in [-0.2, 0) is 12.8 Å². The molecule has 0 bridgehead atoms. The first kappa shape index (κ1) is 11.3. The van der Waals surface area contributed by atoms with Crippen LogP contribution < -0.4 is 10.9 Å². The molecule has 1 aromatic carbocycles. The van der Waals surface area contributed by atoms with Crippen molar-refractivity contribution in [1.29, 1.82) is 0 Å². The monoisotopic (exact) mass is 212 g/mol. The van der Waals surface area contributed by atoms with E-state index in [-0.39, 0.29) is 12.4 Å². The quantitative estimate of drug-likeness (QED) is 0.572. The molecule has 0 saturated carbocycles. The van der Waals surface area contributed by atoms with Crippen molar-refractivity contribution < 1.29 is 0 Å². The Kier molecular flexibility index (Phi) is 3.78. The number of aryl methyl sites for hydroxylation is 1. The van der Waals surface area contributed by atoms with Gasteiger partial charge in [0.1, 0.15) is 0 Å². The zero-order valence-electron chi connectivity index (χ0n) is 8.49. The van der Waals surface area contributed by atoms with Gasteiger partial charge in [-0.1, -0.05) is 12.1 Å². The molecule has 1 aliphatic rings. The third-order valence-corrected chi connectivity index (χ3v) is 2.75. The summed E-state index contributed by atoms with van der Waals surface area (Å²) in [5, 5.41) is 1.73. The van der Waals surface area contributed by atoms with E-state index < -0.39 is 0 Å². The van der Waals surface area contributed by atoms with Crippen LogP contribution in [-0.4, -0.2) is 7.05 Å². The van der Waals surface area contributed by atoms with Gasteiger partial charge in [0, 0.05) is 7.05 Å². The Balaban J connectivity index is 0.000000980. The summed E-state index contributed by atoms with van der Waals surface area (Å²) in [6.45, 7) is 0. The number of rotatable bonds is 1. The molecule has 78 valence electrons. The van der Waals surface area contributed by atoms with E-state index in [1.807, 2.05) is 7.05 Å². The maximum absolute atomic E-state index is 5.77. The average Bonchev–Trinajstić information content (AvgIpc) is 2.17. The van der Waals surface area contributed by atoms with Gasteiger partial charge in [0.05, 0.1) is 5.69 Å². The van der Waals surface area contributed by atoms with Gasteiger partial charge in [0.25, 0.3) is 0 Å². The lowest BCUT2D eigenvalue weighted by molar-refractivity contribution is 0.683. The van der Waals surface area contributed by atoms with Gasteiger partial charge in [0.2, 0.25) is 0 Å². The summed E-state index contributed by atoms with van der Waals surface area (Å²) in [6.07, 6.45) is 5.03. The van der Waals surface area contributed by atoms with Gasteiger partial charge in [0.15, 0.2) is 0 Å². The SMILES string of the molecule is CN(N)c1cccc2c1CCCC2.Cl. The fraction of sp³-hybridized carbons (Fsp3) is 0.455. The number of fused-ring (bicyclic) bond motifs is 1. The summed E-state index contributed by atoms with van der Waals surface area (Å²) >= 11 is 0. The summed E-state index contributed by atoms with van der Waals surface area (Å²) < 4.78 is 0. The first-order chi connectivity index (χ1) is 6.29. The summed E-state index contributed by atoms with van der Waals surface area (Å²) in [4.78, 5) is 0. The van der Waals surface area contributed by atoms with Crippen molar-refractivity contribution in [1.82, 2.24) is 0 Å². The fourth-order valence-corrected chi connectivity index (χ4v) is 2.09. The highest BCUT2D eigenvalue weighted by Crippen LogP contribution is 2.28. The topological polar surface area (TPSA) is 29.3 Å². The molecule has 3 heteroatoms. The minimum atomic E-state index is 0. The average molecular weight is 213 g/mol. The number of nitrogens with zero attached hydrogens (tertiary/aromatic N) is 1. The third-order valence-electron chi connectivity index (χ3n) is 2.75. The highest BCUT2D eigenvalue weighted by Gasteiger charge is 2.13. The lowest BCUT2D eigenvalue weighted by atomic mass is 9.90. The van der Waals surface area contributed by atoms with Crippen molar-refractivity contribution in [3.05, 3.63) is 29.3 Å². The van der Waals surface area contributed by atoms with Crippen molar-refractivity contribution in [2.24, 2.45) is 5.84 Å². The molecule has 0 fully saturated rings. The molecule has 1 aliphatic carbocycles. The Labute approximate surface area is 91.5 Å². The molecular formula is C11H17ClN2. The van der Waals surface area contributed by atoms with Crippen LogP contribution in [0.25, 0.3) is 0 Å². The second-order valence-corrected chi connectivity index (χ2v) is 3.73. The highest BCUT2D eigenvalue weighted by molar-refractivity contribution is 5.85. The number of hydrogen-bond acceptors (Lipinski definition) is 2. The Bertz CT molecular complexity index is 310. The molecule has 2 nitrogen and oxygen atoms in total. The van der Waals surface area contributed by atoms with Crippen molar-refractivity contribution in [3.63, 3.8) is 0 Å². The maximum atomic E-state index is 5.77. The van der Waals surface area contributed by atoms with Crippen LogP contribution in [0.15, 0.2) is 18.2 Å². The zero-order chi connectivity index (χ0) is 9.26. The van der Waals surface area contributed by atoms with Gasteiger partial charge in [-0.05, 0) is 42.9 Å². The third kappa shape index (κ3) is 2.02. The van der Waals surface area contributed by atoms with Crippen molar-refractivity contribution in [2.45, 2.75) is 25.7 Å².